The van der Waals surface area contributed by atoms with Gasteiger partial charge >= 0.3 is 5.97 Å². The van der Waals surface area contributed by atoms with Crippen LogP contribution in [0.25, 0.3) is 0 Å². The number of amides is 2. The molecule has 2 amide bonds. The summed E-state index contributed by atoms with van der Waals surface area (Å²) >= 11 is 0. The fourth-order valence-electron chi connectivity index (χ4n) is 7.07. The lowest BCUT2D eigenvalue weighted by Crippen LogP contribution is -2.50. The van der Waals surface area contributed by atoms with E-state index in [1.54, 1.807) is 0 Å². The fraction of sp³-hybridized carbons (Fsp3) is 0.545. The van der Waals surface area contributed by atoms with Crippen LogP contribution in [0.5, 0.6) is 5.75 Å². The topological polar surface area (TPSA) is 88.2 Å². The largest absolute Gasteiger partial charge is 0.489 e. The molecular weight excluding hydrogens is 518 g/mol. The molecule has 0 bridgehead atoms. The summed E-state index contributed by atoms with van der Waals surface area (Å²) in [4.78, 5) is 44.4. The number of ether oxygens (including phenoxy) is 2. The summed E-state index contributed by atoms with van der Waals surface area (Å²) in [5.74, 6) is -0.195. The summed E-state index contributed by atoms with van der Waals surface area (Å²) in [6, 6.07) is 15.5. The SMILES string of the molecule is O=C(OCc1ccccc1)[C@H]1CCCC[C@H]1C(=O)N1CCc2cccc(O[C@H]3CCNC3)c2[C@H]1CN1CCCC1=O. The van der Waals surface area contributed by atoms with Gasteiger partial charge in [-0.15, -0.1) is 0 Å². The number of hydrogen-bond acceptors (Lipinski definition) is 6. The van der Waals surface area contributed by atoms with Crippen molar-refractivity contribution in [1.29, 1.82) is 0 Å². The van der Waals surface area contributed by atoms with Crippen LogP contribution in [0.3, 0.4) is 0 Å². The molecule has 1 saturated carbocycles. The lowest BCUT2D eigenvalue weighted by atomic mass is 9.77. The quantitative estimate of drug-likeness (QED) is 0.492. The number of carbonyl (C=O) groups is 3. The van der Waals surface area contributed by atoms with Gasteiger partial charge in [-0.05, 0) is 55.8 Å². The first-order chi connectivity index (χ1) is 20.1. The first-order valence-corrected chi connectivity index (χ1v) is 15.4. The molecule has 4 aliphatic rings. The first-order valence-electron chi connectivity index (χ1n) is 15.4. The van der Waals surface area contributed by atoms with Gasteiger partial charge in [-0.3, -0.25) is 14.4 Å². The van der Waals surface area contributed by atoms with Crippen LogP contribution in [0.4, 0.5) is 0 Å². The second-order valence-corrected chi connectivity index (χ2v) is 11.9. The minimum Gasteiger partial charge on any atom is -0.489 e. The third-order valence-electron chi connectivity index (χ3n) is 9.25. The van der Waals surface area contributed by atoms with Crippen LogP contribution in [0.2, 0.25) is 0 Å². The van der Waals surface area contributed by atoms with E-state index in [1.165, 1.54) is 5.56 Å². The van der Waals surface area contributed by atoms with Crippen LogP contribution in [-0.4, -0.2) is 66.4 Å². The van der Waals surface area contributed by atoms with Gasteiger partial charge in [-0.25, -0.2) is 0 Å². The summed E-state index contributed by atoms with van der Waals surface area (Å²) in [7, 11) is 0. The molecule has 218 valence electrons. The summed E-state index contributed by atoms with van der Waals surface area (Å²) in [6.07, 6.45) is 6.31. The van der Waals surface area contributed by atoms with Crippen molar-refractivity contribution < 1.29 is 23.9 Å². The van der Waals surface area contributed by atoms with Crippen molar-refractivity contribution in [2.24, 2.45) is 11.8 Å². The van der Waals surface area contributed by atoms with Crippen molar-refractivity contribution >= 4 is 17.8 Å². The molecule has 41 heavy (non-hydrogen) atoms. The number of fused-ring (bicyclic) bond motifs is 1. The second-order valence-electron chi connectivity index (χ2n) is 11.9. The zero-order valence-corrected chi connectivity index (χ0v) is 23.8. The van der Waals surface area contributed by atoms with E-state index < -0.39 is 11.8 Å². The molecule has 3 fully saturated rings. The maximum Gasteiger partial charge on any atom is 0.310 e. The maximum absolute atomic E-state index is 14.4. The van der Waals surface area contributed by atoms with E-state index in [0.717, 1.165) is 62.1 Å². The summed E-state index contributed by atoms with van der Waals surface area (Å²) in [6.45, 7) is 3.67. The van der Waals surface area contributed by atoms with E-state index in [0.29, 0.717) is 38.9 Å². The van der Waals surface area contributed by atoms with Crippen LogP contribution >= 0.6 is 0 Å². The third-order valence-corrected chi connectivity index (χ3v) is 9.25. The molecular formula is C33H41N3O5. The highest BCUT2D eigenvalue weighted by Gasteiger charge is 2.43. The minimum atomic E-state index is -0.452. The number of nitrogens with zero attached hydrogens (tertiary/aromatic N) is 2. The Balaban J connectivity index is 1.26. The molecule has 0 radical (unpaired) electrons. The van der Waals surface area contributed by atoms with Gasteiger partial charge < -0.3 is 24.6 Å². The number of likely N-dealkylation sites (tertiary alicyclic amines) is 1. The van der Waals surface area contributed by atoms with Crippen LogP contribution in [0.15, 0.2) is 48.5 Å². The Kier molecular flexibility index (Phi) is 8.56. The van der Waals surface area contributed by atoms with Gasteiger partial charge in [-0.2, -0.15) is 0 Å². The van der Waals surface area contributed by atoms with Gasteiger partial charge in [0.1, 0.15) is 18.5 Å². The van der Waals surface area contributed by atoms with Crippen LogP contribution in [0, 0.1) is 11.8 Å². The van der Waals surface area contributed by atoms with Crippen molar-refractivity contribution in [2.75, 3.05) is 32.7 Å². The average Bonchev–Trinajstić information content (AvgIpc) is 3.68. The van der Waals surface area contributed by atoms with Crippen molar-refractivity contribution in [3.8, 4) is 5.75 Å². The standard InChI is InChI=1S/C33H41N3O5/c37-30-14-7-18-35(30)21-28-31-24(10-6-13-29(31)41-25-15-17-34-20-25)16-19-36(28)32(38)26-11-4-5-12-27(26)33(39)40-22-23-8-2-1-3-9-23/h1-3,6,8-10,13,25-28,34H,4-5,7,11-12,14-22H2/t25-,26+,27-,28+/m0/s1. The Hall–Kier alpha value is -3.39. The Labute approximate surface area is 242 Å². The van der Waals surface area contributed by atoms with Crippen molar-refractivity contribution in [3.05, 3.63) is 65.2 Å². The van der Waals surface area contributed by atoms with Crippen LogP contribution in [0.1, 0.15) is 67.7 Å². The van der Waals surface area contributed by atoms with Crippen molar-refractivity contribution in [1.82, 2.24) is 15.1 Å². The molecule has 1 aliphatic carbocycles. The van der Waals surface area contributed by atoms with Gasteiger partial charge in [0.25, 0.3) is 0 Å². The Morgan fingerprint density at radius 3 is 2.49 bits per heavy atom. The molecule has 8 nitrogen and oxygen atoms in total. The summed E-state index contributed by atoms with van der Waals surface area (Å²) < 4.78 is 12.3. The lowest BCUT2D eigenvalue weighted by Gasteiger charge is -2.43. The minimum absolute atomic E-state index is 0.00555. The highest BCUT2D eigenvalue weighted by atomic mass is 16.5. The summed E-state index contributed by atoms with van der Waals surface area (Å²) in [5.41, 5.74) is 3.14. The Bertz CT molecular complexity index is 1240. The van der Waals surface area contributed by atoms with Gasteiger partial charge in [0, 0.05) is 38.2 Å². The molecule has 8 heteroatoms. The normalized spacial score (nSPS) is 26.1. The number of hydrogen-bond donors (Lipinski definition) is 1. The molecule has 0 spiro atoms. The van der Waals surface area contributed by atoms with E-state index in [1.807, 2.05) is 52.3 Å². The van der Waals surface area contributed by atoms with Gasteiger partial charge in [-0.1, -0.05) is 55.3 Å². The second kappa shape index (κ2) is 12.6. The highest BCUT2D eigenvalue weighted by Crippen LogP contribution is 2.41. The van der Waals surface area contributed by atoms with Gasteiger partial charge in [0.2, 0.25) is 11.8 Å². The van der Waals surface area contributed by atoms with Gasteiger partial charge in [0.15, 0.2) is 0 Å². The van der Waals surface area contributed by atoms with E-state index >= 15 is 0 Å². The molecule has 3 aliphatic heterocycles. The molecule has 2 saturated heterocycles. The highest BCUT2D eigenvalue weighted by molar-refractivity contribution is 5.86. The Morgan fingerprint density at radius 1 is 0.902 bits per heavy atom. The van der Waals surface area contributed by atoms with Crippen molar-refractivity contribution in [2.45, 2.75) is 70.1 Å². The number of benzene rings is 2. The molecule has 4 atom stereocenters. The maximum atomic E-state index is 14.4. The van der Waals surface area contributed by atoms with E-state index in [4.69, 9.17) is 9.47 Å². The number of esters is 1. The molecule has 1 N–H and O–H groups in total. The van der Waals surface area contributed by atoms with E-state index in [-0.39, 0.29) is 36.5 Å². The lowest BCUT2D eigenvalue weighted by molar-refractivity contribution is -0.159. The molecule has 6 rings (SSSR count). The molecule has 2 aromatic rings. The monoisotopic (exact) mass is 559 g/mol. The zero-order chi connectivity index (χ0) is 28.2. The fourth-order valence-corrected chi connectivity index (χ4v) is 7.07. The average molecular weight is 560 g/mol. The zero-order valence-electron chi connectivity index (χ0n) is 23.8. The van der Waals surface area contributed by atoms with Crippen LogP contribution < -0.4 is 10.1 Å². The molecule has 0 aromatic heterocycles. The Morgan fingerprint density at radius 2 is 1.73 bits per heavy atom. The summed E-state index contributed by atoms with van der Waals surface area (Å²) in [5, 5.41) is 3.37. The number of nitrogens with one attached hydrogen (secondary N) is 1. The third kappa shape index (κ3) is 6.13. The van der Waals surface area contributed by atoms with Gasteiger partial charge in [0.05, 0.1) is 17.9 Å². The molecule has 0 unspecified atom stereocenters. The number of carbonyl (C=O) groups excluding carboxylic acids is 3. The van der Waals surface area contributed by atoms with E-state index in [2.05, 4.69) is 11.4 Å². The van der Waals surface area contributed by atoms with Crippen molar-refractivity contribution in [3.63, 3.8) is 0 Å². The molecule has 3 heterocycles. The predicted molar refractivity (Wildman–Crippen MR) is 154 cm³/mol. The predicted octanol–water partition coefficient (Wildman–Crippen LogP) is 4.03. The molecule has 2 aromatic carbocycles. The van der Waals surface area contributed by atoms with E-state index in [9.17, 15) is 14.4 Å². The number of rotatable bonds is 8. The first kappa shape index (κ1) is 27.8. The van der Waals surface area contributed by atoms with Crippen LogP contribution in [-0.2, 0) is 32.1 Å². The smallest absolute Gasteiger partial charge is 0.310 e.